The van der Waals surface area contributed by atoms with Crippen molar-refractivity contribution in [2.75, 3.05) is 0 Å². The molecule has 0 bridgehead atoms. The number of imidazole rings is 1. The third-order valence-corrected chi connectivity index (χ3v) is 6.35. The smallest absolute Gasteiger partial charge is 0.300 e. The average molecular weight is 675 g/mol. The molecule has 0 fully saturated rings. The fourth-order valence-electron chi connectivity index (χ4n) is 4.58. The predicted octanol–water partition coefficient (Wildman–Crippen LogP) is 7.08. The van der Waals surface area contributed by atoms with Gasteiger partial charge in [-0.2, -0.15) is 9.97 Å². The Hall–Kier alpha value is -4.54. The molecule has 3 heterocycles. The average Bonchev–Trinajstić information content (AvgIpc) is 3.28. The summed E-state index contributed by atoms with van der Waals surface area (Å²) in [5.74, 6) is 1.43. The number of hydrogen-bond acceptors (Lipinski definition) is 5. The largest absolute Gasteiger partial charge is 0.480 e. The van der Waals surface area contributed by atoms with Crippen molar-refractivity contribution < 1.29 is 30.9 Å². The van der Waals surface area contributed by atoms with E-state index in [4.69, 9.17) is 9.72 Å². The second-order valence-electron chi connectivity index (χ2n) is 8.69. The molecule has 0 atom stereocenters. The van der Waals surface area contributed by atoms with E-state index in [0.717, 1.165) is 38.3 Å². The van der Waals surface area contributed by atoms with Crippen LogP contribution in [0.15, 0.2) is 109 Å². The van der Waals surface area contributed by atoms with Crippen LogP contribution in [-0.2, 0) is 21.1 Å². The number of ether oxygens (including phenoxy) is 1. The molecule has 7 aromatic rings. The molecule has 0 spiro atoms. The van der Waals surface area contributed by atoms with Gasteiger partial charge in [-0.3, -0.25) is 0 Å². The van der Waals surface area contributed by atoms with E-state index in [0.29, 0.717) is 23.0 Å². The molecule has 3 aromatic heterocycles. The number of pyridine rings is 2. The van der Waals surface area contributed by atoms with Crippen LogP contribution in [0.5, 0.6) is 17.6 Å². The Kier molecular flexibility index (Phi) is 6.10. The van der Waals surface area contributed by atoms with Crippen LogP contribution in [0, 0.1) is 6.07 Å². The Bertz CT molecular complexity index is 1950. The van der Waals surface area contributed by atoms with Gasteiger partial charge in [-0.15, -0.1) is 23.8 Å². The summed E-state index contributed by atoms with van der Waals surface area (Å²) in [6.45, 7) is 0. The van der Waals surface area contributed by atoms with Crippen LogP contribution in [0.4, 0.5) is 0 Å². The van der Waals surface area contributed by atoms with Crippen LogP contribution in [0.2, 0.25) is 0 Å². The summed E-state index contributed by atoms with van der Waals surface area (Å²) in [5.41, 5.74) is 3.07. The number of aromatic hydroxyl groups is 1. The normalized spacial score (nSPS) is 11.1. The van der Waals surface area contributed by atoms with Crippen LogP contribution in [-0.4, -0.2) is 24.6 Å². The van der Waals surface area contributed by atoms with E-state index in [2.05, 4.69) is 22.1 Å². The van der Waals surface area contributed by atoms with Crippen molar-refractivity contribution in [2.45, 2.75) is 0 Å². The molecule has 0 aliphatic carbocycles. The molecule has 186 valence electrons. The van der Waals surface area contributed by atoms with Crippen molar-refractivity contribution in [1.82, 2.24) is 19.5 Å². The Morgan fingerprint density at radius 3 is 2.39 bits per heavy atom. The second-order valence-corrected chi connectivity index (χ2v) is 8.69. The number of aromatic nitrogens is 4. The van der Waals surface area contributed by atoms with Crippen LogP contribution in [0.3, 0.4) is 0 Å². The van der Waals surface area contributed by atoms with Crippen molar-refractivity contribution in [3.05, 3.63) is 115 Å². The van der Waals surface area contributed by atoms with Gasteiger partial charge in [-0.05, 0) is 46.1 Å². The third-order valence-electron chi connectivity index (χ3n) is 6.35. The zero-order chi connectivity index (χ0) is 24.8. The molecule has 6 nitrogen and oxygen atoms in total. The maximum atomic E-state index is 10.6. The van der Waals surface area contributed by atoms with Crippen molar-refractivity contribution in [2.24, 2.45) is 0 Å². The first-order valence-corrected chi connectivity index (χ1v) is 11.8. The Labute approximate surface area is 232 Å². The minimum absolute atomic E-state index is 0. The standard InChI is InChI=1S/C31H19N4O2.Pt/c36-31-33-26-14-5-6-15-28(26)35(31)29-18-21-9-3-4-13-25(21)30(34-29)37-24-12-7-11-22(16-24)27-17-20-8-1-2-10-23(20)19-32-27;/h1-15,17-19H,(H,33,36);/q-1;. The molecule has 1 N–H and O–H groups in total. The van der Waals surface area contributed by atoms with Gasteiger partial charge >= 0.3 is 6.01 Å². The van der Waals surface area contributed by atoms with Gasteiger partial charge in [0.2, 0.25) is 5.88 Å². The summed E-state index contributed by atoms with van der Waals surface area (Å²) in [6, 6.07) is 36.4. The Morgan fingerprint density at radius 2 is 1.50 bits per heavy atom. The number of fused-ring (bicyclic) bond motifs is 3. The van der Waals surface area contributed by atoms with Crippen molar-refractivity contribution in [3.63, 3.8) is 0 Å². The van der Waals surface area contributed by atoms with Crippen molar-refractivity contribution in [1.29, 1.82) is 0 Å². The quantitative estimate of drug-likeness (QED) is 0.202. The molecule has 0 saturated heterocycles. The van der Waals surface area contributed by atoms with Crippen LogP contribution < -0.4 is 4.74 Å². The van der Waals surface area contributed by atoms with Crippen molar-refractivity contribution >= 4 is 32.6 Å². The van der Waals surface area contributed by atoms with Gasteiger partial charge in [0.1, 0.15) is 5.82 Å². The first-order chi connectivity index (χ1) is 18.2. The summed E-state index contributed by atoms with van der Waals surface area (Å²) in [4.78, 5) is 13.7. The number of rotatable bonds is 4. The number of hydrogen-bond donors (Lipinski definition) is 1. The van der Waals surface area contributed by atoms with Crippen LogP contribution in [0.25, 0.3) is 49.7 Å². The molecule has 0 radical (unpaired) electrons. The van der Waals surface area contributed by atoms with Crippen LogP contribution >= 0.6 is 0 Å². The van der Waals surface area contributed by atoms with Gasteiger partial charge in [0.25, 0.3) is 0 Å². The molecule has 0 aliphatic heterocycles. The molecule has 7 heteroatoms. The van der Waals surface area contributed by atoms with Crippen molar-refractivity contribution in [3.8, 4) is 34.7 Å². The van der Waals surface area contributed by atoms with Gasteiger partial charge in [0.15, 0.2) is 0 Å². The fraction of sp³-hybridized carbons (Fsp3) is 0. The minimum atomic E-state index is -0.133. The molecule has 38 heavy (non-hydrogen) atoms. The Balaban J connectivity index is 0.00000264. The predicted molar refractivity (Wildman–Crippen MR) is 144 cm³/mol. The zero-order valence-electron chi connectivity index (χ0n) is 19.9. The molecule has 7 rings (SSSR count). The van der Waals surface area contributed by atoms with E-state index in [1.807, 2.05) is 103 Å². The summed E-state index contributed by atoms with van der Waals surface area (Å²) in [5, 5.41) is 14.6. The molecular weight excluding hydrogens is 655 g/mol. The van der Waals surface area contributed by atoms with Crippen LogP contribution in [0.1, 0.15) is 0 Å². The molecule has 0 saturated carbocycles. The monoisotopic (exact) mass is 674 g/mol. The fourth-order valence-corrected chi connectivity index (χ4v) is 4.58. The van der Waals surface area contributed by atoms with E-state index in [1.54, 1.807) is 4.57 Å². The number of nitrogens with zero attached hydrogens (tertiary/aromatic N) is 4. The summed E-state index contributed by atoms with van der Waals surface area (Å²) < 4.78 is 7.94. The minimum Gasteiger partial charge on any atom is -0.480 e. The number of para-hydroxylation sites is 2. The van der Waals surface area contributed by atoms with E-state index in [9.17, 15) is 5.11 Å². The van der Waals surface area contributed by atoms with Gasteiger partial charge in [0, 0.05) is 38.4 Å². The maximum Gasteiger partial charge on any atom is 0.300 e. The van der Waals surface area contributed by atoms with E-state index in [1.165, 1.54) is 0 Å². The molecule has 0 amide bonds. The number of benzene rings is 4. The molecule has 0 aliphatic rings. The Morgan fingerprint density at radius 1 is 0.737 bits per heavy atom. The van der Waals surface area contributed by atoms with Gasteiger partial charge < -0.3 is 14.8 Å². The molecule has 0 unspecified atom stereocenters. The topological polar surface area (TPSA) is 73.1 Å². The molecular formula is C31H19N4O2Pt-. The maximum absolute atomic E-state index is 10.6. The zero-order valence-corrected chi connectivity index (χ0v) is 22.1. The summed E-state index contributed by atoms with van der Waals surface area (Å²) in [7, 11) is 0. The SMILES string of the molecule is Oc1nc2ccccc2n1-c1cc2ccccc2c(Oc2[c-]c(-c3cc4ccccc4cn3)ccc2)n1.[Pt]. The summed E-state index contributed by atoms with van der Waals surface area (Å²) >= 11 is 0. The second kappa shape index (κ2) is 9.73. The van der Waals surface area contributed by atoms with Gasteiger partial charge in [-0.1, -0.05) is 66.7 Å². The summed E-state index contributed by atoms with van der Waals surface area (Å²) in [6.07, 6.45) is 1.87. The van der Waals surface area contributed by atoms with E-state index < -0.39 is 0 Å². The van der Waals surface area contributed by atoms with E-state index in [-0.39, 0.29) is 27.1 Å². The third kappa shape index (κ3) is 4.19. The van der Waals surface area contributed by atoms with Gasteiger partial charge in [0.05, 0.1) is 11.0 Å². The molecule has 4 aromatic carbocycles. The first kappa shape index (κ1) is 23.8. The van der Waals surface area contributed by atoms with E-state index >= 15 is 0 Å². The first-order valence-electron chi connectivity index (χ1n) is 11.8. The van der Waals surface area contributed by atoms with Gasteiger partial charge in [-0.25, -0.2) is 4.57 Å².